The van der Waals surface area contributed by atoms with Crippen molar-refractivity contribution in [2.45, 2.75) is 82.0 Å². The summed E-state index contributed by atoms with van der Waals surface area (Å²) in [4.78, 5) is 14.9. The molecular formula is C28H44F3N3O4. The molecule has 1 saturated carbocycles. The lowest BCUT2D eigenvalue weighted by Crippen LogP contribution is -2.57. The van der Waals surface area contributed by atoms with E-state index >= 15 is 0 Å². The number of urea groups is 1. The predicted octanol–water partition coefficient (Wildman–Crippen LogP) is 4.06. The van der Waals surface area contributed by atoms with Gasteiger partial charge in [-0.05, 0) is 64.0 Å². The van der Waals surface area contributed by atoms with E-state index in [4.69, 9.17) is 4.74 Å². The molecule has 1 aromatic carbocycles. The third-order valence-electron chi connectivity index (χ3n) is 8.28. The van der Waals surface area contributed by atoms with Gasteiger partial charge in [-0.2, -0.15) is 0 Å². The van der Waals surface area contributed by atoms with E-state index in [1.165, 1.54) is 0 Å². The molecule has 0 radical (unpaired) electrons. The van der Waals surface area contributed by atoms with Gasteiger partial charge in [0.1, 0.15) is 5.82 Å². The molecule has 0 bridgehead atoms. The van der Waals surface area contributed by atoms with Crippen molar-refractivity contribution < 1.29 is 32.9 Å². The molecule has 1 aliphatic carbocycles. The third-order valence-corrected chi connectivity index (χ3v) is 8.28. The monoisotopic (exact) mass is 543 g/mol. The highest BCUT2D eigenvalue weighted by Crippen LogP contribution is 2.41. The summed E-state index contributed by atoms with van der Waals surface area (Å²) in [6.45, 7) is 1.35. The first-order valence-corrected chi connectivity index (χ1v) is 14.0. The van der Waals surface area contributed by atoms with Crippen LogP contribution in [0.5, 0.6) is 0 Å². The fraction of sp³-hybridized carbons (Fsp3) is 0.750. The molecule has 1 aliphatic heterocycles. The lowest BCUT2D eigenvalue weighted by Gasteiger charge is -2.43. The van der Waals surface area contributed by atoms with Crippen molar-refractivity contribution in [1.29, 1.82) is 0 Å². The second-order valence-electron chi connectivity index (χ2n) is 10.9. The van der Waals surface area contributed by atoms with Crippen LogP contribution < -0.4 is 10.6 Å². The number of ether oxygens (including phenoxy) is 1. The number of unbranched alkanes of at least 4 members (excludes halogenated alkanes) is 1. The minimum absolute atomic E-state index is 0.0685. The predicted molar refractivity (Wildman–Crippen MR) is 139 cm³/mol. The molecule has 2 fully saturated rings. The molecule has 3 rings (SSSR count). The number of methoxy groups -OCH3 is 1. The molecule has 4 atom stereocenters. The van der Waals surface area contributed by atoms with E-state index < -0.39 is 46.7 Å². The van der Waals surface area contributed by atoms with Crippen LogP contribution in [0.4, 0.5) is 18.0 Å². The minimum Gasteiger partial charge on any atom is -0.391 e. The molecule has 1 aromatic rings. The number of likely N-dealkylation sites (N-methyl/N-ethyl adjacent to an activating group) is 1. The lowest BCUT2D eigenvalue weighted by molar-refractivity contribution is -0.0596. The first-order chi connectivity index (χ1) is 18.2. The Morgan fingerprint density at radius 1 is 1.16 bits per heavy atom. The van der Waals surface area contributed by atoms with Crippen molar-refractivity contribution in [2.75, 3.05) is 40.4 Å². The Morgan fingerprint density at radius 2 is 1.89 bits per heavy atom. The molecule has 1 heterocycles. The second kappa shape index (κ2) is 14.5. The number of likely N-dealkylation sites (tertiary alicyclic amines) is 1. The summed E-state index contributed by atoms with van der Waals surface area (Å²) < 4.78 is 48.3. The summed E-state index contributed by atoms with van der Waals surface area (Å²) in [5.74, 6) is -4.10. The van der Waals surface area contributed by atoms with Gasteiger partial charge >= 0.3 is 6.03 Å². The summed E-state index contributed by atoms with van der Waals surface area (Å²) in [6.07, 6.45) is 6.56. The zero-order valence-electron chi connectivity index (χ0n) is 22.7. The number of hydrogen-bond donors (Lipinski definition) is 4. The number of piperidine rings is 1. The van der Waals surface area contributed by atoms with Gasteiger partial charge in [-0.15, -0.1) is 0 Å². The van der Waals surface area contributed by atoms with Crippen LogP contribution in [0.25, 0.3) is 0 Å². The van der Waals surface area contributed by atoms with Crippen LogP contribution in [-0.2, 0) is 10.3 Å². The molecule has 38 heavy (non-hydrogen) atoms. The van der Waals surface area contributed by atoms with Gasteiger partial charge in [0.25, 0.3) is 0 Å². The Kier molecular flexibility index (Phi) is 11.7. The summed E-state index contributed by atoms with van der Waals surface area (Å²) in [5.41, 5.74) is -2.29. The van der Waals surface area contributed by atoms with Crippen LogP contribution in [0.1, 0.15) is 69.8 Å². The first kappa shape index (κ1) is 30.7. The van der Waals surface area contributed by atoms with E-state index in [0.717, 1.165) is 38.2 Å². The van der Waals surface area contributed by atoms with Crippen LogP contribution in [0.15, 0.2) is 12.1 Å². The van der Waals surface area contributed by atoms with Crippen LogP contribution in [-0.4, -0.2) is 73.7 Å². The van der Waals surface area contributed by atoms with E-state index in [1.54, 1.807) is 19.1 Å². The van der Waals surface area contributed by atoms with E-state index in [2.05, 4.69) is 10.6 Å². The van der Waals surface area contributed by atoms with Crippen LogP contribution >= 0.6 is 0 Å². The van der Waals surface area contributed by atoms with Gasteiger partial charge in [-0.25, -0.2) is 18.0 Å². The number of rotatable bonds is 12. The van der Waals surface area contributed by atoms with Gasteiger partial charge in [-0.3, -0.25) is 0 Å². The molecule has 7 nitrogen and oxygen atoms in total. The maximum atomic E-state index is 14.9. The molecule has 2 aliphatic rings. The average Bonchev–Trinajstić information content (AvgIpc) is 2.92. The minimum atomic E-state index is -1.87. The number of carbonyl (C=O) groups excluding carboxylic acids is 1. The Labute approximate surface area is 224 Å². The van der Waals surface area contributed by atoms with Crippen LogP contribution in [0.2, 0.25) is 0 Å². The number of nitrogens with one attached hydrogen (secondary N) is 2. The van der Waals surface area contributed by atoms with Gasteiger partial charge in [0, 0.05) is 50.9 Å². The number of benzene rings is 1. The molecule has 4 N–H and O–H groups in total. The summed E-state index contributed by atoms with van der Waals surface area (Å²) in [5, 5.41) is 28.9. The molecule has 0 aromatic heterocycles. The molecule has 216 valence electrons. The highest BCUT2D eigenvalue weighted by molar-refractivity contribution is 5.74. The van der Waals surface area contributed by atoms with Crippen LogP contribution in [0.3, 0.4) is 0 Å². The van der Waals surface area contributed by atoms with Gasteiger partial charge in [0.2, 0.25) is 0 Å². The fourth-order valence-corrected chi connectivity index (χ4v) is 6.15. The highest BCUT2D eigenvalue weighted by atomic mass is 19.2. The molecule has 4 unspecified atom stereocenters. The van der Waals surface area contributed by atoms with Crippen molar-refractivity contribution in [3.8, 4) is 0 Å². The van der Waals surface area contributed by atoms with Crippen LogP contribution in [0, 0.1) is 29.3 Å². The number of hydrogen-bond acceptors (Lipinski definition) is 5. The number of amides is 2. The average molecular weight is 544 g/mol. The SMILES string of the molecule is CNCC(NC(=O)N1CCCC(C(O)(CCCCOC)c2cc(F)cc(F)c2F)C1)C(O)C1CCCCC1. The number of aliphatic hydroxyl groups is 2. The topological polar surface area (TPSA) is 94.1 Å². The van der Waals surface area contributed by atoms with E-state index in [-0.39, 0.29) is 24.9 Å². The zero-order chi connectivity index (χ0) is 27.7. The number of carbonyl (C=O) groups is 1. The maximum Gasteiger partial charge on any atom is 0.317 e. The van der Waals surface area contributed by atoms with Gasteiger partial charge in [0.15, 0.2) is 11.6 Å². The Morgan fingerprint density at radius 3 is 2.58 bits per heavy atom. The molecule has 2 amide bonds. The number of halogens is 3. The molecular weight excluding hydrogens is 499 g/mol. The van der Waals surface area contributed by atoms with Gasteiger partial charge < -0.3 is 30.5 Å². The third kappa shape index (κ3) is 7.61. The Hall–Kier alpha value is -1.88. The Bertz CT molecular complexity index is 902. The van der Waals surface area contributed by atoms with Crippen molar-refractivity contribution in [3.05, 3.63) is 35.1 Å². The van der Waals surface area contributed by atoms with Crippen molar-refractivity contribution >= 4 is 6.03 Å². The van der Waals surface area contributed by atoms with Crippen molar-refractivity contribution in [1.82, 2.24) is 15.5 Å². The summed E-state index contributed by atoms with van der Waals surface area (Å²) in [7, 11) is 3.32. The molecule has 0 spiro atoms. The molecule has 10 heteroatoms. The smallest absolute Gasteiger partial charge is 0.317 e. The Balaban J connectivity index is 1.78. The summed E-state index contributed by atoms with van der Waals surface area (Å²) in [6, 6.07) is 0.456. The van der Waals surface area contributed by atoms with E-state index in [0.29, 0.717) is 51.4 Å². The first-order valence-electron chi connectivity index (χ1n) is 14.0. The largest absolute Gasteiger partial charge is 0.391 e. The maximum absolute atomic E-state index is 14.9. The van der Waals surface area contributed by atoms with Gasteiger partial charge in [0.05, 0.1) is 17.7 Å². The fourth-order valence-electron chi connectivity index (χ4n) is 6.15. The van der Waals surface area contributed by atoms with E-state index in [9.17, 15) is 28.2 Å². The zero-order valence-corrected chi connectivity index (χ0v) is 22.7. The van der Waals surface area contributed by atoms with Crippen molar-refractivity contribution in [3.63, 3.8) is 0 Å². The quantitative estimate of drug-likeness (QED) is 0.236. The number of nitrogens with zero attached hydrogens (tertiary/aromatic N) is 1. The normalized spacial score (nSPS) is 22.1. The van der Waals surface area contributed by atoms with E-state index in [1.807, 2.05) is 0 Å². The lowest BCUT2D eigenvalue weighted by atomic mass is 9.74. The molecule has 1 saturated heterocycles. The second-order valence-corrected chi connectivity index (χ2v) is 10.9. The van der Waals surface area contributed by atoms with Gasteiger partial charge in [-0.1, -0.05) is 19.3 Å². The standard InChI is InChI=1S/C28H44F3N3O4/c1-32-17-24(26(35)19-9-4-3-5-10-19)33-27(36)34-13-8-11-20(18-34)28(37,12-6-7-14-38-2)22-15-21(29)16-23(30)25(22)31/h15-16,19-20,24,26,32,35,37H,3-14,17-18H2,1-2H3,(H,33,36). The number of aliphatic hydroxyl groups excluding tert-OH is 1. The van der Waals surface area contributed by atoms with Crippen molar-refractivity contribution in [2.24, 2.45) is 11.8 Å². The summed E-state index contributed by atoms with van der Waals surface area (Å²) >= 11 is 0. The highest BCUT2D eigenvalue weighted by Gasteiger charge is 2.44.